The summed E-state index contributed by atoms with van der Waals surface area (Å²) in [5, 5.41) is 0. The van der Waals surface area contributed by atoms with E-state index in [1.54, 1.807) is 0 Å². The lowest BCUT2D eigenvalue weighted by molar-refractivity contribution is 0.702. The summed E-state index contributed by atoms with van der Waals surface area (Å²) in [5.74, 6) is 0. The van der Waals surface area contributed by atoms with Crippen LogP contribution in [0.4, 0.5) is 0 Å². The van der Waals surface area contributed by atoms with Gasteiger partial charge in [-0.3, -0.25) is 0 Å². The minimum absolute atomic E-state index is 0. The molecule has 0 rings (SSSR count). The van der Waals surface area contributed by atoms with E-state index >= 15 is 0 Å². The van der Waals surface area contributed by atoms with E-state index in [1.165, 1.54) is 0 Å². The topological polar surface area (TPSA) is 83.6 Å². The third kappa shape index (κ3) is 476. The van der Waals surface area contributed by atoms with Gasteiger partial charge in [0.2, 0.25) is 0 Å². The van der Waals surface area contributed by atoms with E-state index in [0.717, 1.165) is 0 Å². The van der Waals surface area contributed by atoms with E-state index in [0.29, 0.717) is 0 Å². The van der Waals surface area contributed by atoms with E-state index < -0.39 is 0 Å². The van der Waals surface area contributed by atoms with Gasteiger partial charge in [-0.25, -0.2) is 0 Å². The molecule has 4 heavy (non-hydrogen) atoms. The van der Waals surface area contributed by atoms with Crippen molar-refractivity contribution in [1.29, 1.82) is 0 Å². The Balaban J connectivity index is -0.00000000500. The van der Waals surface area contributed by atoms with Crippen molar-refractivity contribution in [3.05, 3.63) is 0 Å². The predicted octanol–water partition coefficient (Wildman–Crippen LogP) is -0.999. The molecule has 5 N–H and O–H groups in total. The Bertz CT molecular complexity index is 6.00. The molecule has 3 nitrogen and oxygen atoms in total. The average molecular weight is 83.1 g/mol. The maximum atomic E-state index is 7.83. The van der Waals surface area contributed by atoms with Crippen molar-refractivity contribution in [2.45, 2.75) is 0 Å². The molecular weight excluding hydrogens is 78.1 g/mol. The summed E-state index contributed by atoms with van der Waals surface area (Å²) in [7, 11) is 0. The van der Waals surface area contributed by atoms with Gasteiger partial charge in [0.1, 0.15) is 0 Å². The van der Waals surface area contributed by atoms with Crippen LogP contribution in [0.15, 0.2) is 0 Å². The minimum Gasteiger partial charge on any atom is -0.412 e. The van der Waals surface area contributed by atoms with E-state index in [1.807, 2.05) is 0 Å². The first kappa shape index (κ1) is 38.5. The third-order valence-corrected chi connectivity index (χ3v) is 0. The zero-order valence-corrected chi connectivity index (χ0v) is 2.84. The van der Waals surface area contributed by atoms with Gasteiger partial charge in [-0.2, -0.15) is 4.21 Å². The Labute approximate surface area is 29.4 Å². The highest BCUT2D eigenvalue weighted by molar-refractivity contribution is 7.44. The first-order valence-electron chi connectivity index (χ1n) is 0.167. The molecule has 0 fully saturated rings. The van der Waals surface area contributed by atoms with Crippen LogP contribution in [0.2, 0.25) is 0 Å². The quantitative estimate of drug-likeness (QED) is 0.407. The van der Waals surface area contributed by atoms with Crippen molar-refractivity contribution < 1.29 is 9.69 Å². The van der Waals surface area contributed by atoms with Crippen LogP contribution in [-0.4, -0.2) is 9.69 Å². The van der Waals surface area contributed by atoms with Crippen LogP contribution in [0.1, 0.15) is 0 Å². The largest absolute Gasteiger partial charge is 0.412 e. The molecule has 0 aliphatic carbocycles. The summed E-state index contributed by atoms with van der Waals surface area (Å²) in [6, 6.07) is 0. The molecular formula is H5NO2S. The van der Waals surface area contributed by atoms with Crippen molar-refractivity contribution in [2.75, 3.05) is 0 Å². The Morgan fingerprint density at radius 3 is 1.25 bits per heavy atom. The van der Waals surface area contributed by atoms with E-state index in [2.05, 4.69) is 12.5 Å². The molecule has 4 heteroatoms. The molecule has 0 heterocycles. The lowest BCUT2D eigenvalue weighted by atomic mass is 14.0. The fourth-order valence-electron chi connectivity index (χ4n) is 0. The maximum absolute atomic E-state index is 7.83. The van der Waals surface area contributed by atoms with E-state index in [-0.39, 0.29) is 11.6 Å². The molecule has 0 radical (unpaired) electrons. The second-order valence-corrected chi connectivity index (χ2v) is 0. The van der Waals surface area contributed by atoms with Gasteiger partial charge in [0.25, 0.3) is 0 Å². The van der Waals surface area contributed by atoms with Gasteiger partial charge in [-0.1, -0.05) is 0 Å². The van der Waals surface area contributed by atoms with E-state index in [9.17, 15) is 0 Å². The molecule has 0 amide bonds. The highest BCUT2D eigenvalue weighted by Crippen LogP contribution is 0.558. The molecule has 0 saturated heterocycles. The Morgan fingerprint density at radius 1 is 1.25 bits per heavy atom. The molecule has 0 aromatic carbocycles. The van der Waals surface area contributed by atoms with Crippen LogP contribution < -0.4 is 6.15 Å². The average Bonchev–Trinajstić information content (AvgIpc) is 1.00. The van der Waals surface area contributed by atoms with Gasteiger partial charge in [0, 0.05) is 0 Å². The maximum Gasteiger partial charge on any atom is 0.197 e. The molecule has 0 bridgehead atoms. The van der Waals surface area contributed by atoms with Gasteiger partial charge < -0.3 is 11.6 Å². The van der Waals surface area contributed by atoms with Crippen molar-refractivity contribution in [3.63, 3.8) is 0 Å². The van der Waals surface area contributed by atoms with E-state index in [4.69, 9.17) is 4.21 Å². The van der Waals surface area contributed by atoms with Crippen LogP contribution in [0.5, 0.6) is 0 Å². The summed E-state index contributed by atoms with van der Waals surface area (Å²) >= 11 is 2.83. The molecule has 0 unspecified atom stereocenters. The van der Waals surface area contributed by atoms with Crippen molar-refractivity contribution >= 4 is 12.5 Å². The lowest BCUT2D eigenvalue weighted by Gasteiger charge is -0.734. The fourth-order valence-corrected chi connectivity index (χ4v) is 0. The summed E-state index contributed by atoms with van der Waals surface area (Å²) in [6.07, 6.45) is 0. The Hall–Kier alpha value is -0.0600. The van der Waals surface area contributed by atoms with Crippen molar-refractivity contribution in [1.82, 2.24) is 6.15 Å². The van der Waals surface area contributed by atoms with Gasteiger partial charge in [-0.05, 0) is 0 Å². The Kier molecular flexibility index (Phi) is 29600. The third-order valence-electron chi connectivity index (χ3n) is 0. The fraction of sp³-hybridized carbons (Fsp3) is 0. The molecule has 0 aromatic heterocycles. The van der Waals surface area contributed by atoms with Gasteiger partial charge in [-0.15, -0.1) is 0 Å². The van der Waals surface area contributed by atoms with Gasteiger partial charge >= 0.3 is 0 Å². The first-order chi connectivity index (χ1) is 1.00. The molecule has 0 saturated carbocycles. The smallest absolute Gasteiger partial charge is 0.197 e. The highest BCUT2D eigenvalue weighted by atomic mass is 32.1. The van der Waals surface area contributed by atoms with Crippen LogP contribution in [0, 0.1) is 0 Å². The Morgan fingerprint density at radius 2 is 1.25 bits per heavy atom. The first-order valence-corrected chi connectivity index (χ1v) is 0.500. The number of hydrogen-bond acceptors (Lipinski definition) is 3. The monoisotopic (exact) mass is 83.0 g/mol. The van der Waals surface area contributed by atoms with Crippen LogP contribution >= 0.6 is 0 Å². The predicted molar refractivity (Wildman–Crippen MR) is 16.8 cm³/mol. The summed E-state index contributed by atoms with van der Waals surface area (Å²) < 4.78 is 7.83. The second-order valence-electron chi connectivity index (χ2n) is 0. The zero-order valence-electron chi connectivity index (χ0n) is 2.02. The van der Waals surface area contributed by atoms with Crippen LogP contribution in [-0.2, 0) is 12.5 Å². The van der Waals surface area contributed by atoms with Gasteiger partial charge in [0.15, 0.2) is 12.5 Å². The van der Waals surface area contributed by atoms with Crippen LogP contribution in [0.3, 0.4) is 0 Å². The molecule has 0 spiro atoms. The zero-order chi connectivity index (χ0) is 2.00. The standard InChI is InChI=1S/H3N.OS.H2O/c;1-2;/h1H3;;1H2. The summed E-state index contributed by atoms with van der Waals surface area (Å²) in [6.45, 7) is 0. The van der Waals surface area contributed by atoms with Crippen LogP contribution in [0.25, 0.3) is 0 Å². The number of rotatable bonds is 0. The van der Waals surface area contributed by atoms with Gasteiger partial charge in [0.05, 0.1) is 0 Å². The molecule has 28 valence electrons. The molecule has 0 aliphatic heterocycles. The minimum atomic E-state index is 0. The van der Waals surface area contributed by atoms with Crippen molar-refractivity contribution in [3.8, 4) is 0 Å². The molecule has 0 aromatic rings. The summed E-state index contributed by atoms with van der Waals surface area (Å²) in [4.78, 5) is 0. The number of hydrogen-bond donors (Lipinski definition) is 1. The van der Waals surface area contributed by atoms with Crippen molar-refractivity contribution in [2.24, 2.45) is 0 Å². The SMILES string of the molecule is N.O.O=S. The normalized spacial score (nSPS) is 1.00. The lowest BCUT2D eigenvalue weighted by Crippen LogP contribution is -0.894. The molecule has 0 atom stereocenters. The summed E-state index contributed by atoms with van der Waals surface area (Å²) in [5.41, 5.74) is 0. The second kappa shape index (κ2) is 3070. The highest BCUT2D eigenvalue weighted by Gasteiger charge is 0.734. The molecule has 0 aliphatic rings.